The summed E-state index contributed by atoms with van der Waals surface area (Å²) in [5.41, 5.74) is 1.98. The zero-order chi connectivity index (χ0) is 26.7. The zero-order valence-corrected chi connectivity index (χ0v) is 20.8. The number of phenols is 1. The maximum absolute atomic E-state index is 10.8. The van der Waals surface area contributed by atoms with Crippen LogP contribution in [0.4, 0.5) is 0 Å². The predicted octanol–water partition coefficient (Wildman–Crippen LogP) is 5.06. The van der Waals surface area contributed by atoms with E-state index in [0.29, 0.717) is 18.1 Å². The monoisotopic (exact) mass is 466 g/mol. The fourth-order valence-electron chi connectivity index (χ4n) is 2.41. The Bertz CT molecular complexity index is 964. The summed E-state index contributed by atoms with van der Waals surface area (Å²) in [4.78, 5) is 31.6. The second kappa shape index (κ2) is 18.6. The van der Waals surface area contributed by atoms with Gasteiger partial charge in [0.1, 0.15) is 5.78 Å². The van der Waals surface area contributed by atoms with Gasteiger partial charge in [-0.05, 0) is 63.8 Å². The van der Waals surface area contributed by atoms with Gasteiger partial charge < -0.3 is 9.84 Å². The largest absolute Gasteiger partial charge is 0.504 e. The molecule has 0 aliphatic carbocycles. The number of ketones is 3. The molecule has 0 spiro atoms. The zero-order valence-electron chi connectivity index (χ0n) is 20.8. The number of carbonyl (C=O) groups is 3. The third-order valence-corrected chi connectivity index (χ3v) is 4.03. The Kier molecular flexibility index (Phi) is 17.6. The summed E-state index contributed by atoms with van der Waals surface area (Å²) in [7, 11) is 1.48. The molecule has 0 amide bonds. The normalized spacial score (nSPS) is 11.0. The molecule has 1 aromatic carbocycles. The van der Waals surface area contributed by atoms with Crippen LogP contribution in [0.3, 0.4) is 0 Å². The number of phenolic OH excluding ortho intramolecular Hbond substituents is 1. The van der Waals surface area contributed by atoms with Crippen LogP contribution in [0, 0.1) is 34.5 Å². The van der Waals surface area contributed by atoms with Crippen molar-refractivity contribution in [1.29, 1.82) is 10.5 Å². The number of methoxy groups -OCH3 is 1. The van der Waals surface area contributed by atoms with E-state index >= 15 is 0 Å². The number of benzene rings is 1. The number of aromatic hydroxyl groups is 1. The molecule has 0 aromatic heterocycles. The smallest absolute Gasteiger partial charge is 0.190 e. The number of hydrogen-bond donors (Lipinski definition) is 1. The van der Waals surface area contributed by atoms with Gasteiger partial charge in [0.15, 0.2) is 29.0 Å². The van der Waals surface area contributed by atoms with E-state index in [0.717, 1.165) is 17.6 Å². The number of hydrogen-bond acceptors (Lipinski definition) is 7. The number of carbonyl (C=O) groups excluding carboxylic acids is 3. The average molecular weight is 467 g/mol. The molecule has 7 heteroatoms. The summed E-state index contributed by atoms with van der Waals surface area (Å²) >= 11 is 0. The minimum atomic E-state index is -1.07. The Morgan fingerprint density at radius 2 is 1.71 bits per heavy atom. The number of rotatable bonds is 9. The van der Waals surface area contributed by atoms with Gasteiger partial charge in [-0.25, -0.2) is 0 Å². The number of nitrogens with zero attached hydrogens (tertiary/aromatic N) is 2. The number of ether oxygens (including phenoxy) is 1. The molecule has 1 rings (SSSR count). The van der Waals surface area contributed by atoms with Crippen LogP contribution >= 0.6 is 0 Å². The highest BCUT2D eigenvalue weighted by Crippen LogP contribution is 2.26. The number of nitriles is 2. The van der Waals surface area contributed by atoms with Crippen molar-refractivity contribution in [3.8, 4) is 23.6 Å². The maximum atomic E-state index is 10.8. The second-order valence-corrected chi connectivity index (χ2v) is 7.54. The van der Waals surface area contributed by atoms with E-state index in [-0.39, 0.29) is 17.3 Å². The number of Topliss-reactive ketones (excluding diaryl/α,β-unsaturated/α-hetero) is 2. The van der Waals surface area contributed by atoms with Gasteiger partial charge in [-0.15, -0.1) is 6.58 Å². The molecule has 1 atom stereocenters. The number of allylic oxidation sites excluding steroid dienone is 5. The van der Waals surface area contributed by atoms with E-state index in [1.807, 2.05) is 19.1 Å². The van der Waals surface area contributed by atoms with Crippen molar-refractivity contribution in [2.75, 3.05) is 7.11 Å². The third kappa shape index (κ3) is 16.7. The minimum Gasteiger partial charge on any atom is -0.504 e. The Hall–Kier alpha value is -3.97. The van der Waals surface area contributed by atoms with Crippen molar-refractivity contribution in [3.05, 3.63) is 60.2 Å². The molecule has 1 unspecified atom stereocenters. The fourth-order valence-corrected chi connectivity index (χ4v) is 2.41. The SMILES string of the molecule is C=CCC(C)C=C(C)C=CC(C)=O.CC(=O)C(C#N)C#N.COc1cc(CC(C)=O)ccc1O. The van der Waals surface area contributed by atoms with Crippen molar-refractivity contribution < 1.29 is 24.2 Å². The first-order valence-corrected chi connectivity index (χ1v) is 10.5. The maximum Gasteiger partial charge on any atom is 0.190 e. The van der Waals surface area contributed by atoms with Crippen LogP contribution in [0.2, 0.25) is 0 Å². The van der Waals surface area contributed by atoms with Crippen LogP contribution in [0.5, 0.6) is 11.5 Å². The first-order chi connectivity index (χ1) is 15.9. The second-order valence-electron chi connectivity index (χ2n) is 7.54. The Balaban J connectivity index is 0. The topological polar surface area (TPSA) is 128 Å². The van der Waals surface area contributed by atoms with Crippen LogP contribution < -0.4 is 4.74 Å². The minimum absolute atomic E-state index is 0.0872. The molecule has 0 aliphatic rings. The quantitative estimate of drug-likeness (QED) is 0.306. The van der Waals surface area contributed by atoms with Gasteiger partial charge in [-0.3, -0.25) is 14.4 Å². The molecule has 0 heterocycles. The Morgan fingerprint density at radius 3 is 2.09 bits per heavy atom. The van der Waals surface area contributed by atoms with Gasteiger partial charge in [-0.2, -0.15) is 10.5 Å². The molecule has 0 saturated heterocycles. The standard InChI is InChI=1S/C12H18O.C10H12O3.C5H4N2O/c1-5-6-10(2)9-11(3)7-8-12(4)13;1-7(11)5-8-3-4-9(12)10(6-8)13-2;1-4(8)5(2-6)3-7/h5,7-10H,1,6H2,2-4H3;3-4,6,12H,5H2,1-2H3;5H,1H3. The molecule has 0 fully saturated rings. The van der Waals surface area contributed by atoms with E-state index in [2.05, 4.69) is 19.6 Å². The van der Waals surface area contributed by atoms with E-state index in [1.165, 1.54) is 27.0 Å². The highest BCUT2D eigenvalue weighted by molar-refractivity contribution is 5.87. The molecule has 7 nitrogen and oxygen atoms in total. The van der Waals surface area contributed by atoms with Crippen molar-refractivity contribution in [2.24, 2.45) is 11.8 Å². The average Bonchev–Trinajstić information content (AvgIpc) is 2.75. The highest BCUT2D eigenvalue weighted by atomic mass is 16.5. The fraction of sp³-hybridized carbons (Fsp3) is 0.370. The summed E-state index contributed by atoms with van der Waals surface area (Å²) in [5, 5.41) is 25.3. The molecule has 1 N–H and O–H groups in total. The van der Waals surface area contributed by atoms with Crippen LogP contribution in [0.25, 0.3) is 0 Å². The lowest BCUT2D eigenvalue weighted by atomic mass is 10.0. The lowest BCUT2D eigenvalue weighted by Crippen LogP contribution is -2.03. The van der Waals surface area contributed by atoms with E-state index < -0.39 is 11.7 Å². The molecule has 0 aliphatic heterocycles. The molecule has 0 saturated carbocycles. The first-order valence-electron chi connectivity index (χ1n) is 10.5. The van der Waals surface area contributed by atoms with Gasteiger partial charge in [0.2, 0.25) is 0 Å². The summed E-state index contributed by atoms with van der Waals surface area (Å²) < 4.78 is 4.91. The predicted molar refractivity (Wildman–Crippen MR) is 132 cm³/mol. The van der Waals surface area contributed by atoms with Gasteiger partial charge in [0.05, 0.1) is 19.2 Å². The van der Waals surface area contributed by atoms with Gasteiger partial charge >= 0.3 is 0 Å². The van der Waals surface area contributed by atoms with Crippen LogP contribution in [0.15, 0.2) is 54.7 Å². The Labute approximate surface area is 202 Å². The van der Waals surface area contributed by atoms with Crippen LogP contribution in [-0.4, -0.2) is 29.6 Å². The van der Waals surface area contributed by atoms with Crippen molar-refractivity contribution >= 4 is 17.3 Å². The van der Waals surface area contributed by atoms with E-state index in [1.54, 1.807) is 37.3 Å². The molecular weight excluding hydrogens is 432 g/mol. The summed E-state index contributed by atoms with van der Waals surface area (Å²) in [6, 6.07) is 7.98. The lowest BCUT2D eigenvalue weighted by Gasteiger charge is -2.04. The highest BCUT2D eigenvalue weighted by Gasteiger charge is 2.09. The third-order valence-electron chi connectivity index (χ3n) is 4.03. The Morgan fingerprint density at radius 1 is 1.12 bits per heavy atom. The molecule has 0 bridgehead atoms. The summed E-state index contributed by atoms with van der Waals surface area (Å²) in [5.74, 6) is -0.301. The molecule has 0 radical (unpaired) electrons. The van der Waals surface area contributed by atoms with Gasteiger partial charge in [0.25, 0.3) is 0 Å². The van der Waals surface area contributed by atoms with Crippen LogP contribution in [0.1, 0.15) is 46.6 Å². The molecular formula is C27H34N2O5. The first kappa shape index (κ1) is 32.2. The van der Waals surface area contributed by atoms with E-state index in [9.17, 15) is 19.5 Å². The van der Waals surface area contributed by atoms with Crippen LogP contribution in [-0.2, 0) is 20.8 Å². The van der Waals surface area contributed by atoms with Crippen molar-refractivity contribution in [1.82, 2.24) is 0 Å². The van der Waals surface area contributed by atoms with E-state index in [4.69, 9.17) is 15.3 Å². The summed E-state index contributed by atoms with van der Waals surface area (Å²) in [6.45, 7) is 12.1. The van der Waals surface area contributed by atoms with Crippen molar-refractivity contribution in [3.63, 3.8) is 0 Å². The summed E-state index contributed by atoms with van der Waals surface area (Å²) in [6.07, 6.45) is 8.83. The lowest BCUT2D eigenvalue weighted by molar-refractivity contribution is -0.118. The molecule has 1 aromatic rings. The molecule has 34 heavy (non-hydrogen) atoms. The molecule has 182 valence electrons. The van der Waals surface area contributed by atoms with Crippen molar-refractivity contribution in [2.45, 2.75) is 47.5 Å². The van der Waals surface area contributed by atoms with Gasteiger partial charge in [0, 0.05) is 6.42 Å². The van der Waals surface area contributed by atoms with Gasteiger partial charge in [-0.1, -0.05) is 36.8 Å².